The van der Waals surface area contributed by atoms with Gasteiger partial charge in [0.05, 0.1) is 0 Å². The van der Waals surface area contributed by atoms with E-state index < -0.39 is 0 Å². The van der Waals surface area contributed by atoms with E-state index in [4.69, 9.17) is 9.26 Å². The molecule has 6 heteroatoms. The van der Waals surface area contributed by atoms with E-state index in [0.717, 1.165) is 32.1 Å². The number of aromatic nitrogens is 2. The van der Waals surface area contributed by atoms with Crippen LogP contribution in [0.5, 0.6) is 0 Å². The smallest absolute Gasteiger partial charge is 0.249 e. The topological polar surface area (TPSA) is 77.3 Å². The quantitative estimate of drug-likeness (QED) is 0.836. The second kappa shape index (κ2) is 8.76. The summed E-state index contributed by atoms with van der Waals surface area (Å²) in [4.78, 5) is 16.1. The van der Waals surface area contributed by atoms with Gasteiger partial charge in [-0.25, -0.2) is 0 Å². The van der Waals surface area contributed by atoms with Crippen LogP contribution in [0.15, 0.2) is 34.9 Å². The Balaban J connectivity index is 1.59. The van der Waals surface area contributed by atoms with Crippen molar-refractivity contribution < 1.29 is 14.1 Å². The van der Waals surface area contributed by atoms with Crippen LogP contribution in [0, 0.1) is 5.92 Å². The van der Waals surface area contributed by atoms with Crippen molar-refractivity contribution in [2.24, 2.45) is 5.92 Å². The lowest BCUT2D eigenvalue weighted by Crippen LogP contribution is -2.35. The van der Waals surface area contributed by atoms with Gasteiger partial charge in [-0.2, -0.15) is 4.98 Å². The van der Waals surface area contributed by atoms with E-state index in [1.165, 1.54) is 12.5 Å². The predicted molar refractivity (Wildman–Crippen MR) is 92.9 cm³/mol. The zero-order chi connectivity index (χ0) is 17.5. The molecule has 1 aliphatic rings. The number of hydrogen-bond acceptors (Lipinski definition) is 5. The highest BCUT2D eigenvalue weighted by Gasteiger charge is 2.30. The molecule has 2 aromatic rings. The molecule has 6 nitrogen and oxygen atoms in total. The van der Waals surface area contributed by atoms with E-state index in [1.807, 2.05) is 18.2 Å². The molecule has 0 radical (unpaired) electrons. The van der Waals surface area contributed by atoms with Crippen LogP contribution in [0.3, 0.4) is 0 Å². The molecule has 1 N–H and O–H groups in total. The monoisotopic (exact) mass is 343 g/mol. The zero-order valence-electron chi connectivity index (χ0n) is 14.6. The maximum absolute atomic E-state index is 11.6. The lowest BCUT2D eigenvalue weighted by atomic mass is 9.91. The van der Waals surface area contributed by atoms with Crippen molar-refractivity contribution in [1.29, 1.82) is 0 Å². The number of amides is 1. The third-order valence-corrected chi connectivity index (χ3v) is 4.55. The SMILES string of the molecule is CC(=O)N[C@@H](c1nc(CCCc2ccccc2)no1)C1CCOCC1. The number of benzene rings is 1. The standard InChI is InChI=1S/C19H25N3O3/c1-14(23)20-18(16-10-12-24-13-11-16)19-21-17(22-25-19)9-5-8-15-6-3-2-4-7-15/h2-4,6-7,16,18H,5,8-13H2,1H3,(H,20,23)/t18-/m1/s1. The number of carbonyl (C=O) groups is 1. The van der Waals surface area contributed by atoms with Crippen molar-refractivity contribution >= 4 is 5.91 Å². The Labute approximate surface area is 148 Å². The van der Waals surface area contributed by atoms with E-state index in [0.29, 0.717) is 24.9 Å². The van der Waals surface area contributed by atoms with Gasteiger partial charge in [-0.05, 0) is 37.2 Å². The van der Waals surface area contributed by atoms with Gasteiger partial charge in [0.25, 0.3) is 0 Å². The largest absolute Gasteiger partial charge is 0.381 e. The van der Waals surface area contributed by atoms with Crippen LogP contribution < -0.4 is 5.32 Å². The summed E-state index contributed by atoms with van der Waals surface area (Å²) in [6.45, 7) is 2.93. The van der Waals surface area contributed by atoms with Gasteiger partial charge in [0.2, 0.25) is 11.8 Å². The Morgan fingerprint density at radius 3 is 2.72 bits per heavy atom. The Bertz CT molecular complexity index is 666. The van der Waals surface area contributed by atoms with Crippen molar-refractivity contribution in [2.45, 2.75) is 45.1 Å². The molecule has 0 saturated carbocycles. The third-order valence-electron chi connectivity index (χ3n) is 4.55. The van der Waals surface area contributed by atoms with Gasteiger partial charge in [0.1, 0.15) is 6.04 Å². The van der Waals surface area contributed by atoms with Crippen LogP contribution >= 0.6 is 0 Å². The van der Waals surface area contributed by atoms with Gasteiger partial charge in [-0.15, -0.1) is 0 Å². The highest BCUT2D eigenvalue weighted by atomic mass is 16.5. The fraction of sp³-hybridized carbons (Fsp3) is 0.526. The number of ether oxygens (including phenoxy) is 1. The Kier molecular flexibility index (Phi) is 6.17. The maximum Gasteiger partial charge on any atom is 0.249 e. The molecule has 1 aromatic carbocycles. The molecule has 1 aromatic heterocycles. The number of hydrogen-bond donors (Lipinski definition) is 1. The van der Waals surface area contributed by atoms with Gasteiger partial charge >= 0.3 is 0 Å². The molecule has 1 amide bonds. The van der Waals surface area contributed by atoms with E-state index in [2.05, 4.69) is 27.6 Å². The van der Waals surface area contributed by atoms with Gasteiger partial charge in [-0.1, -0.05) is 35.5 Å². The van der Waals surface area contributed by atoms with Crippen molar-refractivity contribution in [2.75, 3.05) is 13.2 Å². The molecule has 1 fully saturated rings. The first-order valence-electron chi connectivity index (χ1n) is 8.93. The van der Waals surface area contributed by atoms with Gasteiger partial charge in [-0.3, -0.25) is 4.79 Å². The first-order chi connectivity index (χ1) is 12.2. The Morgan fingerprint density at radius 2 is 2.00 bits per heavy atom. The molecule has 0 unspecified atom stereocenters. The van der Waals surface area contributed by atoms with Crippen LogP contribution in [0.4, 0.5) is 0 Å². The molecule has 3 rings (SSSR count). The Hall–Kier alpha value is -2.21. The summed E-state index contributed by atoms with van der Waals surface area (Å²) in [5, 5.41) is 7.07. The molecule has 1 atom stereocenters. The molecule has 2 heterocycles. The minimum Gasteiger partial charge on any atom is -0.381 e. The first-order valence-corrected chi connectivity index (χ1v) is 8.93. The summed E-state index contributed by atoms with van der Waals surface area (Å²) >= 11 is 0. The van der Waals surface area contributed by atoms with Crippen LogP contribution in [-0.4, -0.2) is 29.3 Å². The second-order valence-corrected chi connectivity index (χ2v) is 6.52. The summed E-state index contributed by atoms with van der Waals surface area (Å²) in [7, 11) is 0. The molecule has 25 heavy (non-hydrogen) atoms. The van der Waals surface area contributed by atoms with Crippen molar-refractivity contribution in [3.8, 4) is 0 Å². The van der Waals surface area contributed by atoms with Gasteiger partial charge in [0, 0.05) is 26.6 Å². The lowest BCUT2D eigenvalue weighted by molar-refractivity contribution is -0.120. The number of carbonyl (C=O) groups excluding carboxylic acids is 1. The van der Waals surface area contributed by atoms with E-state index >= 15 is 0 Å². The molecule has 0 spiro atoms. The van der Waals surface area contributed by atoms with E-state index in [9.17, 15) is 4.79 Å². The van der Waals surface area contributed by atoms with Crippen molar-refractivity contribution in [3.05, 3.63) is 47.6 Å². The van der Waals surface area contributed by atoms with Crippen molar-refractivity contribution in [1.82, 2.24) is 15.5 Å². The fourth-order valence-electron chi connectivity index (χ4n) is 3.24. The number of aryl methyl sites for hydroxylation is 2. The molecule has 0 bridgehead atoms. The summed E-state index contributed by atoms with van der Waals surface area (Å²) in [5.74, 6) is 1.40. The molecule has 1 aliphatic heterocycles. The second-order valence-electron chi connectivity index (χ2n) is 6.52. The van der Waals surface area contributed by atoms with E-state index in [1.54, 1.807) is 0 Å². The Morgan fingerprint density at radius 1 is 1.24 bits per heavy atom. The summed E-state index contributed by atoms with van der Waals surface area (Å²) < 4.78 is 10.9. The normalized spacial score (nSPS) is 16.5. The average Bonchev–Trinajstić information content (AvgIpc) is 3.10. The molecule has 134 valence electrons. The highest BCUT2D eigenvalue weighted by Crippen LogP contribution is 2.29. The molecular formula is C19H25N3O3. The van der Waals surface area contributed by atoms with E-state index in [-0.39, 0.29) is 17.9 Å². The third kappa shape index (κ3) is 5.13. The molecule has 1 saturated heterocycles. The van der Waals surface area contributed by atoms with Crippen LogP contribution in [0.2, 0.25) is 0 Å². The van der Waals surface area contributed by atoms with Crippen molar-refractivity contribution in [3.63, 3.8) is 0 Å². The van der Waals surface area contributed by atoms with Crippen LogP contribution in [0.1, 0.15) is 49.5 Å². The number of rotatable bonds is 7. The summed E-state index contributed by atoms with van der Waals surface area (Å²) in [5.41, 5.74) is 1.31. The predicted octanol–water partition coefficient (Wildman–Crippen LogP) is 2.85. The molecule has 0 aliphatic carbocycles. The summed E-state index contributed by atoms with van der Waals surface area (Å²) in [6, 6.07) is 10.1. The van der Waals surface area contributed by atoms with Crippen LogP contribution in [-0.2, 0) is 22.4 Å². The van der Waals surface area contributed by atoms with Crippen LogP contribution in [0.25, 0.3) is 0 Å². The average molecular weight is 343 g/mol. The number of nitrogens with zero attached hydrogens (tertiary/aromatic N) is 2. The molecular weight excluding hydrogens is 318 g/mol. The minimum atomic E-state index is -0.225. The zero-order valence-corrected chi connectivity index (χ0v) is 14.6. The minimum absolute atomic E-state index is 0.0830. The first kappa shape index (κ1) is 17.6. The maximum atomic E-state index is 11.6. The number of nitrogens with one attached hydrogen (secondary N) is 1. The lowest BCUT2D eigenvalue weighted by Gasteiger charge is -2.28. The highest BCUT2D eigenvalue weighted by molar-refractivity contribution is 5.73. The fourth-order valence-corrected chi connectivity index (χ4v) is 3.24. The summed E-state index contributed by atoms with van der Waals surface area (Å²) in [6.07, 6.45) is 4.48. The van der Waals surface area contributed by atoms with Gasteiger partial charge in [0.15, 0.2) is 5.82 Å². The van der Waals surface area contributed by atoms with Gasteiger partial charge < -0.3 is 14.6 Å².